The maximum atomic E-state index is 12.1. The number of benzene rings is 1. The van der Waals surface area contributed by atoms with Crippen molar-refractivity contribution in [3.05, 3.63) is 52.3 Å². The normalized spacial score (nSPS) is 19.9. The van der Waals surface area contributed by atoms with Gasteiger partial charge < -0.3 is 9.47 Å². The Morgan fingerprint density at radius 1 is 1.32 bits per heavy atom. The number of thiazole rings is 1. The number of carbonyl (C=O) groups is 1. The minimum Gasteiger partial charge on any atom is -0.492 e. The van der Waals surface area contributed by atoms with Gasteiger partial charge in [0.25, 0.3) is 0 Å². The molecule has 0 radical (unpaired) electrons. The minimum atomic E-state index is -0.130. The third kappa shape index (κ3) is 4.07. The molecule has 0 bridgehead atoms. The second kappa shape index (κ2) is 8.61. The third-order valence-corrected chi connectivity index (χ3v) is 7.10. The molecule has 1 saturated heterocycles. The third-order valence-electron chi connectivity index (χ3n) is 6.34. The highest BCUT2D eigenvalue weighted by atomic mass is 32.1. The van der Waals surface area contributed by atoms with E-state index >= 15 is 0 Å². The second-order valence-electron chi connectivity index (χ2n) is 8.35. The summed E-state index contributed by atoms with van der Waals surface area (Å²) < 4.78 is 13.2. The Kier molecular flexibility index (Phi) is 5.69. The van der Waals surface area contributed by atoms with Gasteiger partial charge in [0.05, 0.1) is 18.5 Å². The largest absolute Gasteiger partial charge is 0.492 e. The molecule has 2 aliphatic rings. The number of hydrogen-bond acceptors (Lipinski definition) is 7. The second-order valence-corrected chi connectivity index (χ2v) is 9.23. The fraction of sp³-hybridized carbons (Fsp3) is 0.478. The Morgan fingerprint density at radius 3 is 3.10 bits per heavy atom. The molecule has 0 amide bonds. The van der Waals surface area contributed by atoms with Crippen molar-refractivity contribution in [2.45, 2.75) is 45.4 Å². The van der Waals surface area contributed by atoms with Gasteiger partial charge in [0.1, 0.15) is 18.4 Å². The number of aryl methyl sites for hydroxylation is 1. The summed E-state index contributed by atoms with van der Waals surface area (Å²) in [6.07, 6.45) is 4.00. The Hall–Kier alpha value is -2.42. The lowest BCUT2D eigenvalue weighted by Gasteiger charge is -2.23. The van der Waals surface area contributed by atoms with E-state index in [-0.39, 0.29) is 12.0 Å². The molecule has 0 N–H and O–H groups in total. The molecule has 1 fully saturated rings. The number of rotatable bonds is 5. The molecule has 1 atom stereocenters. The van der Waals surface area contributed by atoms with Crippen molar-refractivity contribution in [3.63, 3.8) is 0 Å². The van der Waals surface area contributed by atoms with E-state index in [1.165, 1.54) is 23.9 Å². The van der Waals surface area contributed by atoms with E-state index in [9.17, 15) is 4.79 Å². The number of likely N-dealkylation sites (tertiary alicyclic amines) is 1. The van der Waals surface area contributed by atoms with Crippen molar-refractivity contribution in [1.82, 2.24) is 19.2 Å². The Labute approximate surface area is 186 Å². The van der Waals surface area contributed by atoms with Crippen LogP contribution >= 0.6 is 11.3 Å². The van der Waals surface area contributed by atoms with Crippen molar-refractivity contribution >= 4 is 22.3 Å². The fourth-order valence-corrected chi connectivity index (χ4v) is 5.51. The summed E-state index contributed by atoms with van der Waals surface area (Å²) in [5.74, 6) is 0.834. The topological polar surface area (TPSA) is 59.3 Å². The number of methoxy groups -OCH3 is 1. The lowest BCUT2D eigenvalue weighted by Crippen LogP contribution is -2.36. The molecule has 0 unspecified atom stereocenters. The maximum Gasteiger partial charge on any atom is 0.323 e. The minimum absolute atomic E-state index is 0.127. The van der Waals surface area contributed by atoms with Crippen LogP contribution in [0.25, 0.3) is 4.96 Å². The van der Waals surface area contributed by atoms with Gasteiger partial charge in [0.2, 0.25) is 0 Å². The van der Waals surface area contributed by atoms with Gasteiger partial charge in [-0.25, -0.2) is 4.98 Å². The summed E-state index contributed by atoms with van der Waals surface area (Å²) in [6.45, 7) is 6.99. The van der Waals surface area contributed by atoms with Gasteiger partial charge in [-0.2, -0.15) is 0 Å². The molecule has 3 aromatic rings. The zero-order chi connectivity index (χ0) is 21.4. The van der Waals surface area contributed by atoms with Crippen LogP contribution in [-0.2, 0) is 29.2 Å². The summed E-state index contributed by atoms with van der Waals surface area (Å²) in [5, 5.41) is 2.08. The first kappa shape index (κ1) is 20.5. The van der Waals surface area contributed by atoms with Crippen LogP contribution in [0, 0.1) is 6.92 Å². The molecule has 2 aliphatic heterocycles. The maximum absolute atomic E-state index is 12.1. The molecule has 1 aromatic carbocycles. The summed E-state index contributed by atoms with van der Waals surface area (Å²) in [7, 11) is 1.47. The molecule has 5 rings (SSSR count). The molecule has 0 aliphatic carbocycles. The summed E-state index contributed by atoms with van der Waals surface area (Å²) in [6, 6.07) is 6.31. The number of imidazole rings is 1. The molecular formula is C23H28N4O3S. The van der Waals surface area contributed by atoms with E-state index in [1.54, 1.807) is 11.3 Å². The van der Waals surface area contributed by atoms with Gasteiger partial charge in [-0.3, -0.25) is 19.0 Å². The summed E-state index contributed by atoms with van der Waals surface area (Å²) in [4.78, 5) is 22.5. The Morgan fingerprint density at radius 2 is 2.23 bits per heavy atom. The molecule has 2 aromatic heterocycles. The molecule has 0 saturated carbocycles. The van der Waals surface area contributed by atoms with Crippen LogP contribution in [0.5, 0.6) is 5.75 Å². The van der Waals surface area contributed by atoms with Gasteiger partial charge in [-0.05, 0) is 44.0 Å². The first-order valence-electron chi connectivity index (χ1n) is 10.8. The molecule has 8 heteroatoms. The van der Waals surface area contributed by atoms with Crippen LogP contribution in [0.4, 0.5) is 0 Å². The number of nitrogens with zero attached hydrogens (tertiary/aromatic N) is 4. The molecule has 164 valence electrons. The highest BCUT2D eigenvalue weighted by molar-refractivity contribution is 7.15. The van der Waals surface area contributed by atoms with Crippen LogP contribution in [0.1, 0.15) is 35.4 Å². The van der Waals surface area contributed by atoms with Crippen molar-refractivity contribution < 1.29 is 14.3 Å². The number of hydrogen-bond donors (Lipinski definition) is 0. The van der Waals surface area contributed by atoms with E-state index in [0.717, 1.165) is 62.0 Å². The average Bonchev–Trinajstić information content (AvgIpc) is 3.43. The van der Waals surface area contributed by atoms with Crippen LogP contribution in [0.2, 0.25) is 0 Å². The van der Waals surface area contributed by atoms with Crippen molar-refractivity contribution in [3.8, 4) is 5.75 Å². The number of fused-ring (bicyclic) bond motifs is 2. The molecule has 31 heavy (non-hydrogen) atoms. The van der Waals surface area contributed by atoms with E-state index in [2.05, 4.69) is 55.9 Å². The van der Waals surface area contributed by atoms with Crippen molar-refractivity contribution in [2.75, 3.05) is 26.8 Å². The van der Waals surface area contributed by atoms with Gasteiger partial charge >= 0.3 is 5.97 Å². The molecule has 0 spiro atoms. The average molecular weight is 441 g/mol. The van der Waals surface area contributed by atoms with E-state index in [0.29, 0.717) is 6.61 Å². The molecule has 7 nitrogen and oxygen atoms in total. The van der Waals surface area contributed by atoms with Gasteiger partial charge in [-0.1, -0.05) is 6.07 Å². The zero-order valence-electron chi connectivity index (χ0n) is 18.0. The predicted molar refractivity (Wildman–Crippen MR) is 119 cm³/mol. The van der Waals surface area contributed by atoms with E-state index in [1.807, 2.05) is 0 Å². The molecule has 4 heterocycles. The summed E-state index contributed by atoms with van der Waals surface area (Å²) >= 11 is 1.67. The van der Waals surface area contributed by atoms with Crippen molar-refractivity contribution in [2.24, 2.45) is 0 Å². The first-order valence-corrected chi connectivity index (χ1v) is 11.7. The Bertz CT molecular complexity index is 1090. The van der Waals surface area contributed by atoms with E-state index in [4.69, 9.17) is 9.47 Å². The lowest BCUT2D eigenvalue weighted by molar-refractivity contribution is -0.146. The number of esters is 1. The first-order chi connectivity index (χ1) is 15.1. The van der Waals surface area contributed by atoms with Gasteiger partial charge in [0.15, 0.2) is 4.96 Å². The highest BCUT2D eigenvalue weighted by Crippen LogP contribution is 2.28. The number of ether oxygens (including phenoxy) is 2. The smallest absolute Gasteiger partial charge is 0.323 e. The SMILES string of the molecule is COC(=O)[C@@H]1CCCN1Cc1ccc2c(c1)CN(Cc1c(C)nc3sccn13)CCO2. The fourth-order valence-electron chi connectivity index (χ4n) is 4.73. The van der Waals surface area contributed by atoms with Gasteiger partial charge in [-0.15, -0.1) is 11.3 Å². The monoisotopic (exact) mass is 440 g/mol. The van der Waals surface area contributed by atoms with Crippen LogP contribution in [0.3, 0.4) is 0 Å². The van der Waals surface area contributed by atoms with E-state index < -0.39 is 0 Å². The quantitative estimate of drug-likeness (QED) is 0.568. The predicted octanol–water partition coefficient (Wildman–Crippen LogP) is 3.24. The standard InChI is InChI=1S/C23H28N4O3S/c1-16-20(27-9-11-31-23(27)24-16)15-25-8-10-30-21-6-5-17(12-18(21)14-25)13-26-7-3-4-19(26)22(28)29-2/h5-6,9,11-12,19H,3-4,7-8,10,13-15H2,1-2H3/t19-/m0/s1. The number of aromatic nitrogens is 2. The van der Waals surface area contributed by atoms with Crippen LogP contribution < -0.4 is 4.74 Å². The van der Waals surface area contributed by atoms with Gasteiger partial charge in [0, 0.05) is 43.3 Å². The summed E-state index contributed by atoms with van der Waals surface area (Å²) in [5.41, 5.74) is 4.75. The highest BCUT2D eigenvalue weighted by Gasteiger charge is 2.31. The van der Waals surface area contributed by atoms with Crippen molar-refractivity contribution in [1.29, 1.82) is 0 Å². The number of carbonyl (C=O) groups excluding carboxylic acids is 1. The molecular weight excluding hydrogens is 412 g/mol. The zero-order valence-corrected chi connectivity index (χ0v) is 18.9. The van der Waals surface area contributed by atoms with Crippen LogP contribution in [0.15, 0.2) is 29.8 Å². The lowest BCUT2D eigenvalue weighted by atomic mass is 10.1. The van der Waals surface area contributed by atoms with Crippen LogP contribution in [-0.4, -0.2) is 58.0 Å². The Balaban J connectivity index is 1.33.